The number of alkyl halides is 3. The second-order valence-corrected chi connectivity index (χ2v) is 4.80. The van der Waals surface area contributed by atoms with E-state index in [9.17, 15) is 18.0 Å². The molecule has 0 fully saturated rings. The Morgan fingerprint density at radius 1 is 1.21 bits per heavy atom. The Morgan fingerprint density at radius 2 is 1.88 bits per heavy atom. The molecular formula is C17H15F3N2O2. The summed E-state index contributed by atoms with van der Waals surface area (Å²) < 4.78 is 44.8. The molecule has 0 bridgehead atoms. The van der Waals surface area contributed by atoms with Crippen LogP contribution in [0.1, 0.15) is 6.92 Å². The van der Waals surface area contributed by atoms with E-state index in [-0.39, 0.29) is 12.3 Å². The van der Waals surface area contributed by atoms with Crippen LogP contribution in [-0.2, 0) is 9.53 Å². The Bertz CT molecular complexity index is 793. The lowest BCUT2D eigenvalue weighted by Crippen LogP contribution is -2.25. The summed E-state index contributed by atoms with van der Waals surface area (Å²) in [6.45, 7) is 1.39. The highest BCUT2D eigenvalue weighted by atomic mass is 19.4. The fraction of sp³-hybridized carbons (Fsp3) is 0.176. The fourth-order valence-electron chi connectivity index (χ4n) is 2.20. The maximum absolute atomic E-state index is 13.4. The van der Waals surface area contributed by atoms with Gasteiger partial charge in [0.25, 0.3) is 0 Å². The van der Waals surface area contributed by atoms with E-state index in [2.05, 4.69) is 10.1 Å². The molecule has 0 aliphatic rings. The number of carbonyl (C=O) groups is 1. The zero-order chi connectivity index (χ0) is 17.7. The van der Waals surface area contributed by atoms with Crippen LogP contribution in [0, 0.1) is 5.41 Å². The minimum absolute atomic E-state index is 0.0877. The summed E-state index contributed by atoms with van der Waals surface area (Å²) in [4.78, 5) is 11.7. The molecule has 2 aromatic carbocycles. The molecule has 0 aliphatic carbocycles. The smallest absolute Gasteiger partial charge is 0.432 e. The molecule has 0 atom stereocenters. The number of halogens is 3. The van der Waals surface area contributed by atoms with Crippen molar-refractivity contribution in [3.05, 3.63) is 53.7 Å². The average molecular weight is 336 g/mol. The third-order valence-electron chi connectivity index (χ3n) is 3.24. The number of ether oxygens (including phenoxy) is 1. The first-order valence-electron chi connectivity index (χ1n) is 7.12. The molecule has 24 heavy (non-hydrogen) atoms. The molecule has 2 N–H and O–H groups in total. The van der Waals surface area contributed by atoms with Crippen molar-refractivity contribution in [2.45, 2.75) is 13.1 Å². The summed E-state index contributed by atoms with van der Waals surface area (Å²) in [5.74, 6) is -1.20. The molecule has 0 spiro atoms. The van der Waals surface area contributed by atoms with E-state index in [0.717, 1.165) is 5.39 Å². The second-order valence-electron chi connectivity index (χ2n) is 4.80. The van der Waals surface area contributed by atoms with E-state index < -0.39 is 23.4 Å². The lowest BCUT2D eigenvalue weighted by molar-refractivity contribution is -0.139. The highest BCUT2D eigenvalue weighted by Gasteiger charge is 2.38. The van der Waals surface area contributed by atoms with Crippen molar-refractivity contribution >= 4 is 28.6 Å². The van der Waals surface area contributed by atoms with E-state index in [4.69, 9.17) is 5.41 Å². The predicted octanol–water partition coefficient (Wildman–Crippen LogP) is 4.28. The van der Waals surface area contributed by atoms with E-state index in [1.54, 1.807) is 36.4 Å². The Labute approximate surface area is 136 Å². The quantitative estimate of drug-likeness (QED) is 0.487. The standard InChI is InChI=1S/C17H15F3N2O2/c1-2-24-16(23)13(10-21)15(17(18,19)20)22-14-9-5-7-11-6-3-4-8-12(11)14/h3-10,21-22H,2H2,1H3/b15-13+,21-10?. The van der Waals surface area contributed by atoms with Gasteiger partial charge >= 0.3 is 12.1 Å². The number of rotatable bonds is 5. The molecule has 4 nitrogen and oxygen atoms in total. The molecule has 7 heteroatoms. The van der Waals surface area contributed by atoms with Crippen LogP contribution in [-0.4, -0.2) is 25.0 Å². The number of carbonyl (C=O) groups excluding carboxylic acids is 1. The number of esters is 1. The molecule has 0 amide bonds. The summed E-state index contributed by atoms with van der Waals surface area (Å²) in [6, 6.07) is 11.7. The van der Waals surface area contributed by atoms with Crippen LogP contribution >= 0.6 is 0 Å². The topological polar surface area (TPSA) is 62.2 Å². The second kappa shape index (κ2) is 7.16. The predicted molar refractivity (Wildman–Crippen MR) is 86.1 cm³/mol. The molecule has 2 rings (SSSR count). The van der Waals surface area contributed by atoms with Gasteiger partial charge in [-0.2, -0.15) is 13.2 Å². The molecule has 0 unspecified atom stereocenters. The van der Waals surface area contributed by atoms with Gasteiger partial charge in [0.05, 0.1) is 6.61 Å². The maximum Gasteiger partial charge on any atom is 0.432 e. The van der Waals surface area contributed by atoms with E-state index in [1.807, 2.05) is 0 Å². The van der Waals surface area contributed by atoms with Crippen LogP contribution in [0.4, 0.5) is 18.9 Å². The first-order chi connectivity index (χ1) is 11.4. The molecule has 0 aromatic heterocycles. The number of hydrogen-bond acceptors (Lipinski definition) is 4. The van der Waals surface area contributed by atoms with Gasteiger partial charge in [0.2, 0.25) is 0 Å². The minimum atomic E-state index is -4.85. The zero-order valence-corrected chi connectivity index (χ0v) is 12.8. The molecule has 0 heterocycles. The lowest BCUT2D eigenvalue weighted by atomic mass is 10.1. The van der Waals surface area contributed by atoms with Crippen LogP contribution in [0.5, 0.6) is 0 Å². The summed E-state index contributed by atoms with van der Waals surface area (Å²) in [5.41, 5.74) is -2.02. The Hall–Kier alpha value is -2.83. The third kappa shape index (κ3) is 3.73. The number of fused-ring (bicyclic) bond motifs is 1. The number of allylic oxidation sites excluding steroid dienone is 1. The fourth-order valence-corrected chi connectivity index (χ4v) is 2.20. The van der Waals surface area contributed by atoms with E-state index in [1.165, 1.54) is 13.0 Å². The van der Waals surface area contributed by atoms with Crippen molar-refractivity contribution in [2.24, 2.45) is 0 Å². The number of hydrogen-bond donors (Lipinski definition) is 2. The van der Waals surface area contributed by atoms with Gasteiger partial charge in [-0.3, -0.25) is 0 Å². The van der Waals surface area contributed by atoms with Crippen molar-refractivity contribution in [2.75, 3.05) is 11.9 Å². The van der Waals surface area contributed by atoms with Crippen LogP contribution in [0.15, 0.2) is 53.7 Å². The SMILES string of the molecule is CCOC(=O)/C(C=N)=C(/Nc1cccc2ccccc12)C(F)(F)F. The van der Waals surface area contributed by atoms with E-state index >= 15 is 0 Å². The van der Waals surface area contributed by atoms with Crippen LogP contribution < -0.4 is 5.32 Å². The molecule has 0 aliphatic heterocycles. The van der Waals surface area contributed by atoms with Gasteiger partial charge in [-0.1, -0.05) is 36.4 Å². The third-order valence-corrected chi connectivity index (χ3v) is 3.24. The highest BCUT2D eigenvalue weighted by molar-refractivity contribution is 6.10. The Morgan fingerprint density at radius 3 is 2.50 bits per heavy atom. The lowest BCUT2D eigenvalue weighted by Gasteiger charge is -2.18. The normalized spacial score (nSPS) is 12.5. The largest absolute Gasteiger partial charge is 0.462 e. The summed E-state index contributed by atoms with van der Waals surface area (Å²) in [6.07, 6.45) is -4.50. The first kappa shape index (κ1) is 17.5. The minimum Gasteiger partial charge on any atom is -0.462 e. The van der Waals surface area contributed by atoms with Gasteiger partial charge in [0.1, 0.15) is 11.3 Å². The molecule has 0 saturated heterocycles. The zero-order valence-electron chi connectivity index (χ0n) is 12.8. The van der Waals surface area contributed by atoms with Gasteiger partial charge in [-0.15, -0.1) is 0 Å². The maximum atomic E-state index is 13.4. The summed E-state index contributed by atoms with van der Waals surface area (Å²) >= 11 is 0. The number of benzene rings is 2. The monoisotopic (exact) mass is 336 g/mol. The van der Waals surface area contributed by atoms with Crippen molar-refractivity contribution in [1.82, 2.24) is 0 Å². The van der Waals surface area contributed by atoms with Gasteiger partial charge in [-0.25, -0.2) is 4.79 Å². The van der Waals surface area contributed by atoms with Crippen LogP contribution in [0.3, 0.4) is 0 Å². The van der Waals surface area contributed by atoms with Gasteiger partial charge < -0.3 is 15.5 Å². The van der Waals surface area contributed by atoms with Gasteiger partial charge in [-0.05, 0) is 18.4 Å². The van der Waals surface area contributed by atoms with Crippen molar-refractivity contribution in [1.29, 1.82) is 5.41 Å². The summed E-state index contributed by atoms with van der Waals surface area (Å²) in [7, 11) is 0. The number of nitrogens with one attached hydrogen (secondary N) is 2. The Kier molecular flexibility index (Phi) is 5.23. The van der Waals surface area contributed by atoms with Crippen LogP contribution in [0.25, 0.3) is 10.8 Å². The van der Waals surface area contributed by atoms with Gasteiger partial charge in [0.15, 0.2) is 0 Å². The van der Waals surface area contributed by atoms with Crippen molar-refractivity contribution in [3.8, 4) is 0 Å². The molecular weight excluding hydrogens is 321 g/mol. The van der Waals surface area contributed by atoms with Gasteiger partial charge in [0, 0.05) is 17.3 Å². The Balaban J connectivity index is 2.57. The molecule has 0 radical (unpaired) electrons. The van der Waals surface area contributed by atoms with Crippen molar-refractivity contribution < 1.29 is 22.7 Å². The molecule has 126 valence electrons. The van der Waals surface area contributed by atoms with Crippen molar-refractivity contribution in [3.63, 3.8) is 0 Å². The highest BCUT2D eigenvalue weighted by Crippen LogP contribution is 2.32. The van der Waals surface area contributed by atoms with E-state index in [0.29, 0.717) is 11.6 Å². The molecule has 2 aromatic rings. The molecule has 0 saturated carbocycles. The number of anilines is 1. The first-order valence-corrected chi connectivity index (χ1v) is 7.12. The van der Waals surface area contributed by atoms with Crippen LogP contribution in [0.2, 0.25) is 0 Å². The summed E-state index contributed by atoms with van der Waals surface area (Å²) in [5, 5.41) is 10.8. The average Bonchev–Trinajstić information content (AvgIpc) is 2.54.